The highest BCUT2D eigenvalue weighted by Crippen LogP contribution is 2.25. The molecule has 0 aromatic rings. The van der Waals surface area contributed by atoms with E-state index in [1.807, 2.05) is 20.8 Å². The Morgan fingerprint density at radius 2 is 1.85 bits per heavy atom. The van der Waals surface area contributed by atoms with Crippen LogP contribution in [0.3, 0.4) is 0 Å². The number of hydrogen-bond acceptors (Lipinski definition) is 3. The van der Waals surface area contributed by atoms with Crippen molar-refractivity contribution in [1.29, 1.82) is 0 Å². The molecule has 6 heteroatoms. The van der Waals surface area contributed by atoms with E-state index >= 15 is 0 Å². The molecule has 0 aromatic heterocycles. The van der Waals surface area contributed by atoms with Gasteiger partial charge in [0.15, 0.2) is 0 Å². The van der Waals surface area contributed by atoms with Crippen molar-refractivity contribution in [3.05, 3.63) is 0 Å². The highest BCUT2D eigenvalue weighted by molar-refractivity contribution is 8.00. The molecule has 0 aliphatic heterocycles. The first-order valence-corrected chi connectivity index (χ1v) is 8.17. The molecular weight excluding hydrogens is 289 g/mol. The minimum Gasteiger partial charge on any atom is -0.465 e. The van der Waals surface area contributed by atoms with Crippen LogP contribution in [0.1, 0.15) is 52.9 Å². The van der Waals surface area contributed by atoms with E-state index in [1.165, 1.54) is 11.8 Å². The van der Waals surface area contributed by atoms with Crippen LogP contribution >= 0.6 is 11.8 Å². The molecule has 0 fully saturated rings. The second-order valence-electron chi connectivity index (χ2n) is 5.13. The van der Waals surface area contributed by atoms with Gasteiger partial charge in [0.25, 0.3) is 0 Å². The zero-order valence-electron chi connectivity index (χ0n) is 12.5. The highest BCUT2D eigenvalue weighted by Gasteiger charge is 2.27. The Balaban J connectivity index is 3.94. The Morgan fingerprint density at radius 1 is 1.20 bits per heavy atom. The van der Waals surface area contributed by atoms with Crippen molar-refractivity contribution in [2.24, 2.45) is 5.92 Å². The van der Waals surface area contributed by atoms with Crippen molar-refractivity contribution in [1.82, 2.24) is 0 Å². The van der Waals surface area contributed by atoms with Crippen molar-refractivity contribution >= 4 is 17.7 Å². The summed E-state index contributed by atoms with van der Waals surface area (Å²) >= 11 is 1.40. The number of unbranched alkanes of at least 4 members (excludes halogenated alkanes) is 2. The molecule has 2 nitrogen and oxygen atoms in total. The summed E-state index contributed by atoms with van der Waals surface area (Å²) in [5.74, 6) is 0.438. The fraction of sp³-hybridized carbons (Fsp3) is 0.929. The number of rotatable bonds is 10. The maximum Gasteiger partial charge on any atom is 0.389 e. The van der Waals surface area contributed by atoms with Gasteiger partial charge in [-0.1, -0.05) is 27.2 Å². The van der Waals surface area contributed by atoms with E-state index in [0.29, 0.717) is 18.8 Å². The van der Waals surface area contributed by atoms with Crippen LogP contribution in [0.25, 0.3) is 0 Å². The summed E-state index contributed by atoms with van der Waals surface area (Å²) in [7, 11) is 0. The van der Waals surface area contributed by atoms with E-state index in [2.05, 4.69) is 0 Å². The summed E-state index contributed by atoms with van der Waals surface area (Å²) in [6, 6.07) is 0. The second-order valence-corrected chi connectivity index (χ2v) is 6.38. The quantitative estimate of drug-likeness (QED) is 0.427. The van der Waals surface area contributed by atoms with Gasteiger partial charge in [-0.3, -0.25) is 4.79 Å². The SMILES string of the molecule is CCCCOC(=O)C(SCCCCC(F)(F)F)C(C)C. The van der Waals surface area contributed by atoms with Gasteiger partial charge in [-0.2, -0.15) is 13.2 Å². The fourth-order valence-electron chi connectivity index (χ4n) is 1.57. The maximum absolute atomic E-state index is 12.0. The van der Waals surface area contributed by atoms with Crippen molar-refractivity contribution < 1.29 is 22.7 Å². The number of halogens is 3. The molecule has 0 aliphatic carbocycles. The third-order valence-corrected chi connectivity index (χ3v) is 4.35. The molecule has 0 bridgehead atoms. The van der Waals surface area contributed by atoms with Crippen LogP contribution in [-0.4, -0.2) is 29.8 Å². The molecule has 0 rings (SSSR count). The van der Waals surface area contributed by atoms with Crippen molar-refractivity contribution in [3.8, 4) is 0 Å². The number of thioether (sulfide) groups is 1. The maximum atomic E-state index is 12.0. The van der Waals surface area contributed by atoms with Crippen molar-refractivity contribution in [2.45, 2.75) is 64.3 Å². The monoisotopic (exact) mass is 314 g/mol. The van der Waals surface area contributed by atoms with Gasteiger partial charge in [-0.25, -0.2) is 0 Å². The lowest BCUT2D eigenvalue weighted by molar-refractivity contribution is -0.144. The average Bonchev–Trinajstić information content (AvgIpc) is 2.32. The molecule has 1 atom stereocenters. The van der Waals surface area contributed by atoms with Crippen LogP contribution in [0.15, 0.2) is 0 Å². The highest BCUT2D eigenvalue weighted by atomic mass is 32.2. The van der Waals surface area contributed by atoms with Crippen molar-refractivity contribution in [2.75, 3.05) is 12.4 Å². The predicted octanol–water partition coefficient (Wildman–Crippen LogP) is 4.82. The van der Waals surface area contributed by atoms with Gasteiger partial charge in [0.1, 0.15) is 5.25 Å². The van der Waals surface area contributed by atoms with E-state index in [4.69, 9.17) is 4.74 Å². The third-order valence-electron chi connectivity index (χ3n) is 2.73. The Bertz CT molecular complexity index is 268. The summed E-state index contributed by atoms with van der Waals surface area (Å²) in [6.07, 6.45) is -2.44. The molecule has 0 amide bonds. The predicted molar refractivity (Wildman–Crippen MR) is 76.9 cm³/mol. The summed E-state index contributed by atoms with van der Waals surface area (Å²) in [6.45, 7) is 6.29. The lowest BCUT2D eigenvalue weighted by Gasteiger charge is -2.19. The fourth-order valence-corrected chi connectivity index (χ4v) is 2.78. The van der Waals surface area contributed by atoms with E-state index in [9.17, 15) is 18.0 Å². The van der Waals surface area contributed by atoms with Crippen LogP contribution in [-0.2, 0) is 9.53 Å². The Morgan fingerprint density at radius 3 is 2.35 bits per heavy atom. The Kier molecular flexibility index (Phi) is 10.2. The Labute approximate surface area is 123 Å². The summed E-state index contributed by atoms with van der Waals surface area (Å²) < 4.78 is 41.1. The smallest absolute Gasteiger partial charge is 0.389 e. The van der Waals surface area contributed by atoms with Crippen LogP contribution in [0.4, 0.5) is 13.2 Å². The third kappa shape index (κ3) is 10.4. The van der Waals surface area contributed by atoms with Crippen LogP contribution in [0.2, 0.25) is 0 Å². The lowest BCUT2D eigenvalue weighted by Crippen LogP contribution is -2.26. The van der Waals surface area contributed by atoms with Gasteiger partial charge in [0, 0.05) is 6.42 Å². The molecule has 0 N–H and O–H groups in total. The molecule has 0 spiro atoms. The summed E-state index contributed by atoms with van der Waals surface area (Å²) in [5, 5.41) is -0.280. The number of carbonyl (C=O) groups is 1. The first kappa shape index (κ1) is 19.6. The number of carbonyl (C=O) groups excluding carboxylic acids is 1. The van der Waals surface area contributed by atoms with E-state index in [1.54, 1.807) is 0 Å². The van der Waals surface area contributed by atoms with Gasteiger partial charge in [-0.15, -0.1) is 11.8 Å². The van der Waals surface area contributed by atoms with E-state index < -0.39 is 12.6 Å². The molecule has 20 heavy (non-hydrogen) atoms. The van der Waals surface area contributed by atoms with Crippen LogP contribution < -0.4 is 0 Å². The van der Waals surface area contributed by atoms with Gasteiger partial charge in [0.05, 0.1) is 6.61 Å². The van der Waals surface area contributed by atoms with Gasteiger partial charge in [0.2, 0.25) is 0 Å². The topological polar surface area (TPSA) is 26.3 Å². The minimum absolute atomic E-state index is 0.117. The second kappa shape index (κ2) is 10.4. The number of hydrogen-bond donors (Lipinski definition) is 0. The van der Waals surface area contributed by atoms with Crippen molar-refractivity contribution in [3.63, 3.8) is 0 Å². The molecule has 0 saturated heterocycles. The molecule has 0 heterocycles. The largest absolute Gasteiger partial charge is 0.465 e. The van der Waals surface area contributed by atoms with Gasteiger partial charge >= 0.3 is 12.1 Å². The number of esters is 1. The summed E-state index contributed by atoms with van der Waals surface area (Å²) in [5.41, 5.74) is 0. The molecule has 0 aliphatic rings. The zero-order chi connectivity index (χ0) is 15.6. The normalized spacial score (nSPS) is 13.6. The van der Waals surface area contributed by atoms with E-state index in [0.717, 1.165) is 12.8 Å². The van der Waals surface area contributed by atoms with Crippen LogP contribution in [0, 0.1) is 5.92 Å². The average molecular weight is 314 g/mol. The minimum atomic E-state index is -4.08. The van der Waals surface area contributed by atoms with E-state index in [-0.39, 0.29) is 23.6 Å². The first-order chi connectivity index (χ1) is 9.28. The summed E-state index contributed by atoms with van der Waals surface area (Å²) in [4.78, 5) is 11.9. The first-order valence-electron chi connectivity index (χ1n) is 7.13. The molecule has 120 valence electrons. The number of alkyl halides is 3. The lowest BCUT2D eigenvalue weighted by atomic mass is 10.1. The molecule has 0 aromatic carbocycles. The number of ether oxygens (including phenoxy) is 1. The van der Waals surface area contributed by atoms with Gasteiger partial charge in [-0.05, 0) is 30.9 Å². The molecular formula is C14H25F3O2S. The Hall–Kier alpha value is -0.390. The zero-order valence-corrected chi connectivity index (χ0v) is 13.3. The molecule has 1 unspecified atom stereocenters. The van der Waals surface area contributed by atoms with Crippen LogP contribution in [0.5, 0.6) is 0 Å². The van der Waals surface area contributed by atoms with Gasteiger partial charge < -0.3 is 4.74 Å². The standard InChI is InChI=1S/C14H25F3O2S/c1-4-5-9-19-13(18)12(11(2)3)20-10-7-6-8-14(15,16)17/h11-12H,4-10H2,1-3H3. The molecule has 0 radical (unpaired) electrons. The molecule has 0 saturated carbocycles.